The molecule has 6 heteroatoms. The molecule has 2 aromatic carbocycles. The molecule has 0 atom stereocenters. The molecule has 0 saturated carbocycles. The zero-order valence-corrected chi connectivity index (χ0v) is 34.2. The smallest absolute Gasteiger partial charge is 0.198 e. The van der Waals surface area contributed by atoms with Crippen LogP contribution in [0.1, 0.15) is 101 Å². The van der Waals surface area contributed by atoms with Gasteiger partial charge in [-0.25, -0.2) is 0 Å². The zero-order valence-electron chi connectivity index (χ0n) is 30.0. The molecule has 0 radical (unpaired) electrons. The minimum atomic E-state index is -1.58. The third-order valence-corrected chi connectivity index (χ3v) is 13.8. The standard InChI is InChI=1S/C27H39N2.C8H18OSi2.2CH3.Pt/c1-18(2)22-11-9-12-23(19(3)4)26(22)28-15-16-29(17-28)27-24(20(5)6)13-10-14-25(27)21(7)8;1-7-10(3,4)9-11(5,6)8-2;;;/h9-14,17-21H,15-16H2,1-8H3;7-8H,1-2H2,3-6H3;2*1H3;/q-1;;2*-1;. The second-order valence-corrected chi connectivity index (χ2v) is 21.5. The quantitative estimate of drug-likeness (QED) is 0.176. The molecule has 43 heavy (non-hydrogen) atoms. The molecule has 0 unspecified atom stereocenters. The fourth-order valence-electron chi connectivity index (χ4n) is 5.29. The van der Waals surface area contributed by atoms with E-state index in [0.717, 1.165) is 13.1 Å². The number of anilines is 2. The minimum Gasteiger partial charge on any atom is -0.502 e. The molecule has 248 valence electrons. The summed E-state index contributed by atoms with van der Waals surface area (Å²) in [5.41, 5.74) is 12.6. The Labute approximate surface area is 284 Å². The van der Waals surface area contributed by atoms with Gasteiger partial charge in [-0.05, 0) is 72.1 Å². The van der Waals surface area contributed by atoms with Crippen LogP contribution in [-0.2, 0) is 25.2 Å². The van der Waals surface area contributed by atoms with Gasteiger partial charge in [0.15, 0.2) is 16.6 Å². The predicted molar refractivity (Wildman–Crippen MR) is 198 cm³/mol. The van der Waals surface area contributed by atoms with E-state index in [1.54, 1.807) is 0 Å². The summed E-state index contributed by atoms with van der Waals surface area (Å²) in [7, 11) is -3.16. The van der Waals surface area contributed by atoms with Crippen LogP contribution in [0.25, 0.3) is 0 Å². The van der Waals surface area contributed by atoms with Crippen LogP contribution in [0.2, 0.25) is 26.2 Å². The summed E-state index contributed by atoms with van der Waals surface area (Å²) < 4.78 is 5.97. The van der Waals surface area contributed by atoms with E-state index in [9.17, 15) is 0 Å². The Balaban J connectivity index is 0. The molecule has 1 aliphatic heterocycles. The van der Waals surface area contributed by atoms with Crippen molar-refractivity contribution in [2.75, 3.05) is 22.9 Å². The summed E-state index contributed by atoms with van der Waals surface area (Å²) in [5, 5.41) is 0. The van der Waals surface area contributed by atoms with E-state index in [1.165, 1.54) is 33.6 Å². The molecule has 0 aliphatic carbocycles. The van der Waals surface area contributed by atoms with Crippen LogP contribution in [0.4, 0.5) is 11.4 Å². The molecule has 0 amide bonds. The van der Waals surface area contributed by atoms with Crippen molar-refractivity contribution < 1.29 is 25.2 Å². The van der Waals surface area contributed by atoms with E-state index in [1.807, 2.05) is 11.4 Å². The maximum atomic E-state index is 5.97. The van der Waals surface area contributed by atoms with Crippen molar-refractivity contribution in [2.45, 2.75) is 105 Å². The van der Waals surface area contributed by atoms with Gasteiger partial charge in [0.05, 0.1) is 0 Å². The first kappa shape index (κ1) is 43.7. The predicted octanol–water partition coefficient (Wildman–Crippen LogP) is 11.4. The fraction of sp³-hybridized carbons (Fsp3) is 0.486. The summed E-state index contributed by atoms with van der Waals surface area (Å²) in [6.07, 6.45) is 0. The SMILES string of the molecule is C=C[Si](C)(C)O[Si](C)(C)C=C.CC(C)c1cccc(C(C)C)c1N1[CH-]N(c2c(C(C)C)cccc2C(C)C)CC1.[CH3-].[CH3-].[Pt]. The van der Waals surface area contributed by atoms with E-state index in [-0.39, 0.29) is 35.9 Å². The van der Waals surface area contributed by atoms with Crippen LogP contribution in [0.15, 0.2) is 61.0 Å². The summed E-state index contributed by atoms with van der Waals surface area (Å²) in [6.45, 7) is 39.1. The van der Waals surface area contributed by atoms with Crippen LogP contribution < -0.4 is 9.80 Å². The molecule has 3 rings (SSSR count). The van der Waals surface area contributed by atoms with E-state index < -0.39 is 16.6 Å². The van der Waals surface area contributed by atoms with Crippen LogP contribution >= 0.6 is 0 Å². The topological polar surface area (TPSA) is 15.7 Å². The second kappa shape index (κ2) is 18.5. The molecule has 0 bridgehead atoms. The van der Waals surface area contributed by atoms with Crippen LogP contribution in [0, 0.1) is 21.5 Å². The molecule has 1 fully saturated rings. The maximum absolute atomic E-state index is 5.97. The van der Waals surface area contributed by atoms with Crippen molar-refractivity contribution >= 4 is 28.0 Å². The van der Waals surface area contributed by atoms with Gasteiger partial charge in [-0.15, -0.1) is 13.2 Å². The van der Waals surface area contributed by atoms with Crippen molar-refractivity contribution in [3.8, 4) is 0 Å². The Hall–Kier alpha value is -1.40. The molecular formula is C37H63N2OPtSi2-3. The van der Waals surface area contributed by atoms with E-state index >= 15 is 0 Å². The van der Waals surface area contributed by atoms with Gasteiger partial charge in [0, 0.05) is 45.5 Å². The Morgan fingerprint density at radius 3 is 1.09 bits per heavy atom. The monoisotopic (exact) mass is 802 g/mol. The third kappa shape index (κ3) is 11.8. The molecular weight excluding hydrogens is 740 g/mol. The van der Waals surface area contributed by atoms with Crippen molar-refractivity contribution in [3.63, 3.8) is 0 Å². The molecule has 1 heterocycles. The third-order valence-electron chi connectivity index (χ3n) is 7.63. The van der Waals surface area contributed by atoms with E-state index in [2.05, 4.69) is 148 Å². The average molecular weight is 803 g/mol. The zero-order chi connectivity index (χ0) is 30.4. The molecule has 3 nitrogen and oxygen atoms in total. The number of nitrogens with zero attached hydrogens (tertiary/aromatic N) is 2. The molecule has 0 N–H and O–H groups in total. The van der Waals surface area contributed by atoms with Gasteiger partial charge in [-0.1, -0.05) is 103 Å². The van der Waals surface area contributed by atoms with Crippen LogP contribution in [0.5, 0.6) is 0 Å². The van der Waals surface area contributed by atoms with Gasteiger partial charge in [0.2, 0.25) is 0 Å². The van der Waals surface area contributed by atoms with Gasteiger partial charge in [0.1, 0.15) is 0 Å². The summed E-state index contributed by atoms with van der Waals surface area (Å²) >= 11 is 0. The van der Waals surface area contributed by atoms with Crippen LogP contribution in [0.3, 0.4) is 0 Å². The molecule has 0 spiro atoms. The Morgan fingerprint density at radius 1 is 0.628 bits per heavy atom. The van der Waals surface area contributed by atoms with Gasteiger partial charge in [-0.2, -0.15) is 6.67 Å². The molecule has 0 aromatic heterocycles. The van der Waals surface area contributed by atoms with Crippen molar-refractivity contribution in [1.82, 2.24) is 0 Å². The largest absolute Gasteiger partial charge is 0.502 e. The molecule has 2 aromatic rings. The Kier molecular flexibility index (Phi) is 18.9. The number of benzene rings is 2. The normalized spacial score (nSPS) is 13.3. The van der Waals surface area contributed by atoms with Crippen molar-refractivity contribution in [2.24, 2.45) is 0 Å². The van der Waals surface area contributed by atoms with Gasteiger partial charge in [0.25, 0.3) is 0 Å². The average Bonchev–Trinajstić information content (AvgIpc) is 3.37. The number of hydrogen-bond donors (Lipinski definition) is 0. The Bertz CT molecular complexity index is 1000. The van der Waals surface area contributed by atoms with Crippen LogP contribution in [-0.4, -0.2) is 29.7 Å². The Morgan fingerprint density at radius 2 is 0.884 bits per heavy atom. The first-order chi connectivity index (χ1) is 18.5. The number of para-hydroxylation sites is 2. The minimum absolute atomic E-state index is 0. The first-order valence-electron chi connectivity index (χ1n) is 15.2. The summed E-state index contributed by atoms with van der Waals surface area (Å²) in [6, 6.07) is 13.7. The van der Waals surface area contributed by atoms with Gasteiger partial charge >= 0.3 is 0 Å². The summed E-state index contributed by atoms with van der Waals surface area (Å²) in [5.74, 6) is 2.06. The van der Waals surface area contributed by atoms with Gasteiger partial charge in [-0.3, -0.25) is 0 Å². The van der Waals surface area contributed by atoms with Gasteiger partial charge < -0.3 is 28.8 Å². The van der Waals surface area contributed by atoms with E-state index in [0.29, 0.717) is 23.7 Å². The fourth-order valence-corrected chi connectivity index (χ4v) is 11.4. The van der Waals surface area contributed by atoms with Crippen molar-refractivity contribution in [3.05, 3.63) is 105 Å². The number of rotatable bonds is 10. The maximum Gasteiger partial charge on any atom is 0.198 e. The molecule has 1 aliphatic rings. The van der Waals surface area contributed by atoms with Crippen molar-refractivity contribution in [1.29, 1.82) is 0 Å². The first-order valence-corrected chi connectivity index (χ1v) is 21.1. The molecule has 1 saturated heterocycles. The van der Waals surface area contributed by atoms with E-state index in [4.69, 9.17) is 4.12 Å². The number of hydrogen-bond acceptors (Lipinski definition) is 3. The second-order valence-electron chi connectivity index (χ2n) is 13.4. The summed E-state index contributed by atoms with van der Waals surface area (Å²) in [4.78, 5) is 5.01.